The SMILES string of the molecule is CC[C@H](O)c1ccc(N2CCOCC2CO)cc1. The van der Waals surface area contributed by atoms with Crippen molar-refractivity contribution >= 4 is 5.69 Å². The zero-order chi connectivity index (χ0) is 13.0. The number of ether oxygens (including phenoxy) is 1. The average Bonchev–Trinajstić information content (AvgIpc) is 2.46. The van der Waals surface area contributed by atoms with E-state index >= 15 is 0 Å². The Balaban J connectivity index is 2.12. The molecule has 1 unspecified atom stereocenters. The summed E-state index contributed by atoms with van der Waals surface area (Å²) in [5, 5.41) is 19.1. The van der Waals surface area contributed by atoms with Crippen LogP contribution in [0.25, 0.3) is 0 Å². The van der Waals surface area contributed by atoms with E-state index in [0.29, 0.717) is 13.2 Å². The second-order valence-electron chi connectivity index (χ2n) is 4.62. The number of hydrogen-bond acceptors (Lipinski definition) is 4. The van der Waals surface area contributed by atoms with Gasteiger partial charge in [0.25, 0.3) is 0 Å². The Morgan fingerprint density at radius 2 is 2.11 bits per heavy atom. The molecule has 0 amide bonds. The van der Waals surface area contributed by atoms with Crippen molar-refractivity contribution in [2.45, 2.75) is 25.5 Å². The second kappa shape index (κ2) is 6.18. The number of morpholine rings is 1. The third-order valence-electron chi connectivity index (χ3n) is 3.43. The highest BCUT2D eigenvalue weighted by molar-refractivity contribution is 5.49. The normalized spacial score (nSPS) is 21.9. The maximum Gasteiger partial charge on any atom is 0.0787 e. The minimum Gasteiger partial charge on any atom is -0.394 e. The first kappa shape index (κ1) is 13.3. The van der Waals surface area contributed by atoms with Crippen LogP contribution in [0.15, 0.2) is 24.3 Å². The number of anilines is 1. The minimum atomic E-state index is -0.391. The fraction of sp³-hybridized carbons (Fsp3) is 0.571. The molecule has 1 aromatic carbocycles. The fourth-order valence-electron chi connectivity index (χ4n) is 2.27. The van der Waals surface area contributed by atoms with Gasteiger partial charge >= 0.3 is 0 Å². The lowest BCUT2D eigenvalue weighted by Gasteiger charge is -2.36. The third kappa shape index (κ3) is 2.83. The molecule has 0 aromatic heterocycles. The highest BCUT2D eigenvalue weighted by atomic mass is 16.5. The first-order valence-corrected chi connectivity index (χ1v) is 6.49. The molecule has 1 aliphatic heterocycles. The lowest BCUT2D eigenvalue weighted by Crippen LogP contribution is -2.47. The largest absolute Gasteiger partial charge is 0.394 e. The summed E-state index contributed by atoms with van der Waals surface area (Å²) in [4.78, 5) is 2.16. The monoisotopic (exact) mass is 251 g/mol. The summed E-state index contributed by atoms with van der Waals surface area (Å²) in [5.74, 6) is 0. The van der Waals surface area contributed by atoms with E-state index in [1.807, 2.05) is 31.2 Å². The van der Waals surface area contributed by atoms with E-state index in [9.17, 15) is 10.2 Å². The molecule has 0 bridgehead atoms. The molecular formula is C14H21NO3. The van der Waals surface area contributed by atoms with Gasteiger partial charge in [-0.15, -0.1) is 0 Å². The Kier molecular flexibility index (Phi) is 4.58. The van der Waals surface area contributed by atoms with Crippen molar-refractivity contribution < 1.29 is 14.9 Å². The van der Waals surface area contributed by atoms with Crippen molar-refractivity contribution in [3.8, 4) is 0 Å². The summed E-state index contributed by atoms with van der Waals surface area (Å²) in [6.07, 6.45) is 0.327. The number of hydrogen-bond donors (Lipinski definition) is 2. The van der Waals surface area contributed by atoms with Crippen LogP contribution in [-0.4, -0.2) is 42.6 Å². The van der Waals surface area contributed by atoms with Crippen molar-refractivity contribution in [2.24, 2.45) is 0 Å². The highest BCUT2D eigenvalue weighted by Crippen LogP contribution is 2.23. The molecule has 4 nitrogen and oxygen atoms in total. The van der Waals surface area contributed by atoms with Crippen LogP contribution in [0.5, 0.6) is 0 Å². The Morgan fingerprint density at radius 3 is 2.72 bits per heavy atom. The molecule has 0 aliphatic carbocycles. The van der Waals surface area contributed by atoms with Gasteiger partial charge < -0.3 is 19.8 Å². The van der Waals surface area contributed by atoms with Crippen LogP contribution in [0.4, 0.5) is 5.69 Å². The predicted molar refractivity (Wildman–Crippen MR) is 70.7 cm³/mol. The molecule has 2 rings (SSSR count). The first-order valence-electron chi connectivity index (χ1n) is 6.49. The third-order valence-corrected chi connectivity index (χ3v) is 3.43. The van der Waals surface area contributed by atoms with Crippen LogP contribution in [0.2, 0.25) is 0 Å². The summed E-state index contributed by atoms with van der Waals surface area (Å²) in [6.45, 7) is 4.11. The van der Waals surface area contributed by atoms with Crippen LogP contribution < -0.4 is 4.90 Å². The molecule has 4 heteroatoms. The topological polar surface area (TPSA) is 52.9 Å². The number of nitrogens with zero attached hydrogens (tertiary/aromatic N) is 1. The van der Waals surface area contributed by atoms with Gasteiger partial charge in [-0.1, -0.05) is 19.1 Å². The molecule has 1 fully saturated rings. The second-order valence-corrected chi connectivity index (χ2v) is 4.62. The van der Waals surface area contributed by atoms with E-state index in [1.54, 1.807) is 0 Å². The van der Waals surface area contributed by atoms with Gasteiger partial charge in [0.15, 0.2) is 0 Å². The van der Waals surface area contributed by atoms with E-state index in [1.165, 1.54) is 0 Å². The number of aliphatic hydroxyl groups is 2. The maximum absolute atomic E-state index is 9.76. The molecule has 1 heterocycles. The Morgan fingerprint density at radius 1 is 1.39 bits per heavy atom. The van der Waals surface area contributed by atoms with E-state index in [4.69, 9.17) is 4.74 Å². The molecule has 2 N–H and O–H groups in total. The molecule has 18 heavy (non-hydrogen) atoms. The number of benzene rings is 1. The molecule has 1 saturated heterocycles. The van der Waals surface area contributed by atoms with E-state index < -0.39 is 6.10 Å². The quantitative estimate of drug-likeness (QED) is 0.847. The van der Waals surface area contributed by atoms with Crippen LogP contribution >= 0.6 is 0 Å². The average molecular weight is 251 g/mol. The summed E-state index contributed by atoms with van der Waals surface area (Å²) in [7, 11) is 0. The summed E-state index contributed by atoms with van der Waals surface area (Å²) < 4.78 is 5.36. The summed E-state index contributed by atoms with van der Waals surface area (Å²) in [6, 6.07) is 7.94. The van der Waals surface area contributed by atoms with Crippen LogP contribution in [-0.2, 0) is 4.74 Å². The van der Waals surface area contributed by atoms with Crippen molar-refractivity contribution in [1.82, 2.24) is 0 Å². The number of aliphatic hydroxyl groups excluding tert-OH is 2. The van der Waals surface area contributed by atoms with E-state index in [-0.39, 0.29) is 12.6 Å². The molecule has 1 aromatic rings. The van der Waals surface area contributed by atoms with Crippen LogP contribution in [0.3, 0.4) is 0 Å². The van der Waals surface area contributed by atoms with Gasteiger partial charge in [0, 0.05) is 12.2 Å². The Hall–Kier alpha value is -1.10. The molecular weight excluding hydrogens is 230 g/mol. The molecule has 2 atom stereocenters. The Bertz CT molecular complexity index is 366. The standard InChI is InChI=1S/C14H21NO3/c1-2-14(17)11-3-5-12(6-4-11)15-7-8-18-10-13(15)9-16/h3-6,13-14,16-17H,2,7-10H2,1H3/t13?,14-/m0/s1. The van der Waals surface area contributed by atoms with Gasteiger partial charge in [0.05, 0.1) is 32.0 Å². The molecule has 1 aliphatic rings. The van der Waals surface area contributed by atoms with E-state index in [0.717, 1.165) is 24.2 Å². The van der Waals surface area contributed by atoms with Crippen molar-refractivity contribution in [1.29, 1.82) is 0 Å². The van der Waals surface area contributed by atoms with Gasteiger partial charge in [-0.3, -0.25) is 0 Å². The van der Waals surface area contributed by atoms with Gasteiger partial charge in [0.2, 0.25) is 0 Å². The summed E-state index contributed by atoms with van der Waals surface area (Å²) in [5.41, 5.74) is 2.01. The van der Waals surface area contributed by atoms with Gasteiger partial charge in [-0.2, -0.15) is 0 Å². The van der Waals surface area contributed by atoms with Gasteiger partial charge in [-0.25, -0.2) is 0 Å². The van der Waals surface area contributed by atoms with Crippen molar-refractivity contribution in [3.63, 3.8) is 0 Å². The highest BCUT2D eigenvalue weighted by Gasteiger charge is 2.22. The summed E-state index contributed by atoms with van der Waals surface area (Å²) >= 11 is 0. The molecule has 0 spiro atoms. The zero-order valence-corrected chi connectivity index (χ0v) is 10.7. The fourth-order valence-corrected chi connectivity index (χ4v) is 2.27. The predicted octanol–water partition coefficient (Wildman–Crippen LogP) is 1.33. The minimum absolute atomic E-state index is 0.0284. The van der Waals surface area contributed by atoms with Crippen LogP contribution in [0, 0.1) is 0 Å². The zero-order valence-electron chi connectivity index (χ0n) is 10.7. The lowest BCUT2D eigenvalue weighted by molar-refractivity contribution is 0.0727. The first-order chi connectivity index (χ1) is 8.76. The lowest BCUT2D eigenvalue weighted by atomic mass is 10.1. The molecule has 100 valence electrons. The Labute approximate surface area is 108 Å². The molecule has 0 saturated carbocycles. The van der Waals surface area contributed by atoms with E-state index in [2.05, 4.69) is 4.90 Å². The van der Waals surface area contributed by atoms with Gasteiger partial charge in [-0.05, 0) is 24.1 Å². The smallest absolute Gasteiger partial charge is 0.0787 e. The van der Waals surface area contributed by atoms with Crippen LogP contribution in [0.1, 0.15) is 25.0 Å². The molecule has 0 radical (unpaired) electrons. The maximum atomic E-state index is 9.76. The van der Waals surface area contributed by atoms with Gasteiger partial charge in [0.1, 0.15) is 0 Å². The van der Waals surface area contributed by atoms with Crippen molar-refractivity contribution in [2.75, 3.05) is 31.3 Å². The van der Waals surface area contributed by atoms with Crippen molar-refractivity contribution in [3.05, 3.63) is 29.8 Å². The number of rotatable bonds is 4.